The summed E-state index contributed by atoms with van der Waals surface area (Å²) in [5, 5.41) is 45.7. The number of carbonyl (C=O) groups excluding carboxylic acids is 1. The second-order valence-corrected chi connectivity index (χ2v) is 15.0. The predicted octanol–water partition coefficient (Wildman–Crippen LogP) is -6.75. The zero-order valence-electron chi connectivity index (χ0n) is 32.9. The van der Waals surface area contributed by atoms with Crippen molar-refractivity contribution in [3.63, 3.8) is 0 Å². The molecule has 0 aliphatic carbocycles. The first-order valence-electron chi connectivity index (χ1n) is 16.1. The van der Waals surface area contributed by atoms with E-state index in [2.05, 4.69) is 65.4 Å². The van der Waals surface area contributed by atoms with Crippen molar-refractivity contribution in [2.24, 2.45) is 20.5 Å². The topological polar surface area (TPSA) is 390 Å². The van der Waals surface area contributed by atoms with Crippen molar-refractivity contribution in [3.05, 3.63) is 96.7 Å². The smallest absolute Gasteiger partial charge is 0.744 e. The summed E-state index contributed by atoms with van der Waals surface area (Å²) in [4.78, 5) is 26.4. The first-order chi connectivity index (χ1) is 29.3. The number of halogens is 3. The van der Waals surface area contributed by atoms with Gasteiger partial charge in [0.2, 0.25) is 5.95 Å². The van der Waals surface area contributed by atoms with E-state index in [0.717, 1.165) is 29.0 Å². The number of hydrogen-bond donors (Lipinski definition) is 4. The molecule has 25 nitrogen and oxygen atoms in total. The van der Waals surface area contributed by atoms with E-state index >= 15 is 0 Å². The van der Waals surface area contributed by atoms with E-state index in [9.17, 15) is 54.3 Å². The molecule has 0 atom stereocenters. The molecule has 320 valence electrons. The molecule has 3 aromatic carbocycles. The minimum atomic E-state index is -5.47. The maximum atomic E-state index is 14.5. The molecule has 0 radical (unpaired) electrons. The molecule has 0 fully saturated rings. The van der Waals surface area contributed by atoms with Crippen LogP contribution in [0.2, 0.25) is 0 Å². The number of carboxylic acids is 1. The Morgan fingerprint density at radius 3 is 2.03 bits per heavy atom. The van der Waals surface area contributed by atoms with Crippen molar-refractivity contribution in [1.82, 2.24) is 24.9 Å². The molecule has 0 aliphatic rings. The van der Waals surface area contributed by atoms with Crippen molar-refractivity contribution in [2.45, 2.75) is 14.7 Å². The van der Waals surface area contributed by atoms with Crippen LogP contribution in [-0.2, 0) is 29.6 Å². The van der Waals surface area contributed by atoms with Gasteiger partial charge in [0.1, 0.15) is 48.8 Å². The Balaban J connectivity index is 0.00000374. The second-order valence-electron chi connectivity index (χ2n) is 11.6. The summed E-state index contributed by atoms with van der Waals surface area (Å²) in [5.74, 6) is -4.05. The minimum Gasteiger partial charge on any atom is -0.744 e. The Hall–Kier alpha value is -4.39. The van der Waals surface area contributed by atoms with Gasteiger partial charge in [-0.2, -0.15) is 23.1 Å². The molecule has 6 rings (SSSR count). The SMILES string of the molecule is Nc1c(N=Nc2cc(Nc3cc(F)nc(F)n3)ccc2S(=O)(=O)[O-])cc(S(=O)(=O)[O-])c(N)c1N=Nc1cc(Nc2nc(F)nc(-[n+]3cccc(C(=O)[O-])c3)n2)ccc1SOO[O-].[Na+].[Na+].[Na+]. The van der Waals surface area contributed by atoms with Gasteiger partial charge in [0.05, 0.1) is 56.5 Å². The third-order valence-electron chi connectivity index (χ3n) is 7.51. The number of pyridine rings is 1. The van der Waals surface area contributed by atoms with Gasteiger partial charge >= 0.3 is 113 Å². The quantitative estimate of drug-likeness (QED) is 0.00710. The van der Waals surface area contributed by atoms with Crippen LogP contribution in [0.15, 0.2) is 108 Å². The van der Waals surface area contributed by atoms with Gasteiger partial charge in [-0.15, -0.1) is 29.8 Å². The van der Waals surface area contributed by atoms with Gasteiger partial charge < -0.3 is 46.4 Å². The molecule has 0 amide bonds. The first-order valence-corrected chi connectivity index (χ1v) is 19.6. The number of benzene rings is 3. The van der Waals surface area contributed by atoms with Crippen LogP contribution in [0.3, 0.4) is 0 Å². The molecule has 0 saturated heterocycles. The number of carboxylic acid groups (broad SMARTS) is 1. The number of nitrogens with zero attached hydrogens (tertiary/aromatic N) is 10. The normalized spacial score (nSPS) is 11.4. The Morgan fingerprint density at radius 1 is 0.738 bits per heavy atom. The van der Waals surface area contributed by atoms with E-state index in [1.54, 1.807) is 0 Å². The fourth-order valence-corrected chi connectivity index (χ4v) is 6.54. The van der Waals surface area contributed by atoms with Gasteiger partial charge in [-0.1, -0.05) is 0 Å². The van der Waals surface area contributed by atoms with Crippen LogP contribution in [0.25, 0.3) is 5.95 Å². The molecule has 3 heterocycles. The van der Waals surface area contributed by atoms with Gasteiger partial charge in [0, 0.05) is 23.0 Å². The zero-order valence-corrected chi connectivity index (χ0v) is 41.4. The van der Waals surface area contributed by atoms with Crippen LogP contribution >= 0.6 is 12.0 Å². The zero-order chi connectivity index (χ0) is 44.9. The van der Waals surface area contributed by atoms with Crippen molar-refractivity contribution in [3.8, 4) is 5.95 Å². The fraction of sp³-hybridized carbons (Fsp3) is 0. The number of anilines is 6. The average molecular weight is 985 g/mol. The number of carbonyl (C=O) groups is 1. The molecule has 34 heteroatoms. The number of rotatable bonds is 15. The molecule has 0 saturated carbocycles. The number of nitrogens with one attached hydrogen (secondary N) is 2. The molecule has 0 bridgehead atoms. The van der Waals surface area contributed by atoms with E-state index in [1.807, 2.05) is 0 Å². The number of hydrogen-bond acceptors (Lipinski definition) is 25. The summed E-state index contributed by atoms with van der Waals surface area (Å²) >= 11 is 0.294. The van der Waals surface area contributed by atoms with Gasteiger partial charge in [-0.3, -0.25) is 5.04 Å². The van der Waals surface area contributed by atoms with Crippen LogP contribution in [0.4, 0.5) is 70.4 Å². The molecular formula is C31H18F3N14Na3O11S3. The molecule has 0 spiro atoms. The monoisotopic (exact) mass is 984 g/mol. The van der Waals surface area contributed by atoms with Gasteiger partial charge in [-0.05, 0) is 64.6 Å². The molecular weight excluding hydrogens is 967 g/mol. The van der Waals surface area contributed by atoms with Crippen LogP contribution in [-0.4, -0.2) is 56.8 Å². The third kappa shape index (κ3) is 14.3. The second kappa shape index (κ2) is 23.4. The molecule has 65 heavy (non-hydrogen) atoms. The Morgan fingerprint density at radius 2 is 1.37 bits per heavy atom. The van der Waals surface area contributed by atoms with Crippen LogP contribution in [0.5, 0.6) is 0 Å². The van der Waals surface area contributed by atoms with Gasteiger partial charge in [0.15, 0.2) is 0 Å². The first kappa shape index (κ1) is 54.9. The maximum Gasteiger partial charge on any atom is 1.00 e. The van der Waals surface area contributed by atoms with Crippen molar-refractivity contribution in [1.29, 1.82) is 0 Å². The molecule has 0 aliphatic heterocycles. The molecule has 0 unspecified atom stereocenters. The van der Waals surface area contributed by atoms with Crippen LogP contribution in [0, 0.1) is 18.1 Å². The number of nitrogen functional groups attached to an aromatic ring is 2. The number of aromatic nitrogens is 6. The van der Waals surface area contributed by atoms with Gasteiger partial charge in [0.25, 0.3) is 0 Å². The average Bonchev–Trinajstić information content (AvgIpc) is 3.18. The Bertz CT molecular complexity index is 3040. The largest absolute Gasteiger partial charge is 1.00 e. The van der Waals surface area contributed by atoms with Crippen LogP contribution < -0.4 is 126 Å². The molecule has 6 aromatic rings. The third-order valence-corrected chi connectivity index (χ3v) is 9.92. The number of nitrogens with two attached hydrogens (primary N) is 2. The van der Waals surface area contributed by atoms with Crippen molar-refractivity contribution in [2.75, 3.05) is 22.1 Å². The summed E-state index contributed by atoms with van der Waals surface area (Å²) in [6, 6.07) is 10.1. The number of azo groups is 2. The fourth-order valence-electron chi connectivity index (χ4n) is 4.91. The summed E-state index contributed by atoms with van der Waals surface area (Å²) in [6.45, 7) is 0. The van der Waals surface area contributed by atoms with E-state index < -0.39 is 94.3 Å². The van der Waals surface area contributed by atoms with Gasteiger partial charge in [-0.25, -0.2) is 21.4 Å². The van der Waals surface area contributed by atoms with E-state index in [1.165, 1.54) is 36.5 Å². The van der Waals surface area contributed by atoms with Crippen molar-refractivity contribution < 1.29 is 157 Å². The minimum absolute atomic E-state index is 0. The summed E-state index contributed by atoms with van der Waals surface area (Å²) in [5.41, 5.74) is 7.87. The number of aromatic carboxylic acids is 1. The summed E-state index contributed by atoms with van der Waals surface area (Å²) in [6.07, 6.45) is -0.395. The Kier molecular flexibility index (Phi) is 19.8. The predicted molar refractivity (Wildman–Crippen MR) is 195 cm³/mol. The summed E-state index contributed by atoms with van der Waals surface area (Å²) in [7, 11) is -10.8. The standard InChI is InChI=1S/C31H21F3N14O11S3.3Na/c32-22-11-23(40-28(33)39-22)37-14-4-6-20(61(52,53)54)17(9-14)45-46-18-10-21(62(55,56)57)25(36)26(24(18)35)47-44-16-8-15(3-5-19(16)60-59-58-51)38-30-41-29(34)42-31(43-30)48-7-1-2-13(12-48)27(49)50;;;/h1-12H,35-36H2,(H5-,37,38,39,40,41,42,43,49,50,51,52,53,54,55,56,57);;;/q;3*+1/p-3. The maximum absolute atomic E-state index is 14.5. The van der Waals surface area contributed by atoms with E-state index in [0.29, 0.717) is 24.2 Å². The Labute approximate surface area is 432 Å². The van der Waals surface area contributed by atoms with Crippen molar-refractivity contribution >= 4 is 95.5 Å². The summed E-state index contributed by atoms with van der Waals surface area (Å²) < 4.78 is 120. The molecule has 6 N–H and O–H groups in total. The van der Waals surface area contributed by atoms with Crippen LogP contribution in [0.1, 0.15) is 10.4 Å². The van der Waals surface area contributed by atoms with E-state index in [4.69, 9.17) is 11.5 Å². The molecule has 3 aromatic heterocycles. The van der Waals surface area contributed by atoms with E-state index in [-0.39, 0.29) is 122 Å².